The first-order valence-corrected chi connectivity index (χ1v) is 11.7. The first-order chi connectivity index (χ1) is 19.2. The number of anilines is 3. The lowest BCUT2D eigenvalue weighted by molar-refractivity contribution is -0.143. The Labute approximate surface area is 227 Å². The van der Waals surface area contributed by atoms with Crippen LogP contribution in [0.3, 0.4) is 0 Å². The summed E-state index contributed by atoms with van der Waals surface area (Å²) in [5.41, 5.74) is 7.36. The molecule has 1 aliphatic rings. The van der Waals surface area contributed by atoms with E-state index in [2.05, 4.69) is 25.3 Å². The van der Waals surface area contributed by atoms with Gasteiger partial charge in [-0.15, -0.1) is 0 Å². The summed E-state index contributed by atoms with van der Waals surface area (Å²) in [6.07, 6.45) is -7.58. The molecule has 0 unspecified atom stereocenters. The second kappa shape index (κ2) is 11.3. The summed E-state index contributed by atoms with van der Waals surface area (Å²) in [5.74, 6) is -0.702. The number of nitrogen functional groups attached to an aromatic ring is 1. The molecular weight excluding hydrogens is 564 g/mol. The number of hydrogen-bond donors (Lipinski definition) is 3. The van der Waals surface area contributed by atoms with E-state index in [1.165, 1.54) is 11.1 Å². The highest BCUT2D eigenvalue weighted by atomic mass is 19.4. The first-order valence-electron chi connectivity index (χ1n) is 11.7. The van der Waals surface area contributed by atoms with Crippen LogP contribution in [0.4, 0.5) is 48.6 Å². The van der Waals surface area contributed by atoms with Gasteiger partial charge in [0.2, 0.25) is 5.95 Å². The Kier molecular flexibility index (Phi) is 8.02. The fourth-order valence-corrected chi connectivity index (χ4v) is 3.78. The van der Waals surface area contributed by atoms with Gasteiger partial charge in [0.25, 0.3) is 11.8 Å². The number of alkyl halides is 6. The molecule has 5 N–H and O–H groups in total. The van der Waals surface area contributed by atoms with Gasteiger partial charge < -0.3 is 31.3 Å². The van der Waals surface area contributed by atoms with Gasteiger partial charge in [0.1, 0.15) is 12.3 Å². The summed E-state index contributed by atoms with van der Waals surface area (Å²) in [6, 6.07) is 1.45. The van der Waals surface area contributed by atoms with Crippen LogP contribution < -0.4 is 26.4 Å². The highest BCUT2D eigenvalue weighted by molar-refractivity contribution is 5.91. The van der Waals surface area contributed by atoms with Crippen LogP contribution in [0, 0.1) is 0 Å². The molecule has 1 aromatic carbocycles. The van der Waals surface area contributed by atoms with Crippen molar-refractivity contribution in [3.63, 3.8) is 0 Å². The van der Waals surface area contributed by atoms with Crippen molar-refractivity contribution in [3.8, 4) is 5.88 Å². The van der Waals surface area contributed by atoms with Gasteiger partial charge in [-0.1, -0.05) is 0 Å². The number of hydrogen-bond acceptors (Lipinski definition) is 9. The van der Waals surface area contributed by atoms with E-state index in [9.17, 15) is 35.9 Å². The zero-order valence-electron chi connectivity index (χ0n) is 20.8. The van der Waals surface area contributed by atoms with Crippen LogP contribution in [-0.4, -0.2) is 63.0 Å². The standard InChI is InChI=1S/C23H21F6N9O3/c24-22(25,26)12-7-13(23(27,28)29)9-15(8-12)35-21(40)38-5-3-37(4-6-38)18-19(33-10-16(36-18)17(30)39)41-11-14-1-2-32-20(31)34-14/h1-2,7-10H,3-6,11H2,(H2,30,39)(H,35,40)(H2,31,32,34). The Morgan fingerprint density at radius 2 is 1.59 bits per heavy atom. The van der Waals surface area contributed by atoms with Crippen LogP contribution in [0.2, 0.25) is 0 Å². The predicted octanol–water partition coefficient (Wildman–Crippen LogP) is 2.92. The molecule has 1 aliphatic heterocycles. The topological polar surface area (TPSA) is 165 Å². The average molecular weight is 585 g/mol. The Morgan fingerprint density at radius 1 is 0.951 bits per heavy atom. The molecule has 41 heavy (non-hydrogen) atoms. The number of halogens is 6. The number of carbonyl (C=O) groups is 2. The third-order valence-corrected chi connectivity index (χ3v) is 5.77. The molecule has 1 saturated heterocycles. The molecular formula is C23H21F6N9O3. The number of piperazine rings is 1. The number of nitrogens with zero attached hydrogens (tertiary/aromatic N) is 6. The number of carbonyl (C=O) groups excluding carboxylic acids is 2. The van der Waals surface area contributed by atoms with Crippen molar-refractivity contribution in [1.82, 2.24) is 24.8 Å². The van der Waals surface area contributed by atoms with Crippen molar-refractivity contribution in [2.24, 2.45) is 5.73 Å². The SMILES string of the molecule is NC(=O)c1cnc(OCc2ccnc(N)n2)c(N2CCN(C(=O)Nc3cc(C(F)(F)F)cc(C(F)(F)F)c3)CC2)n1. The minimum atomic E-state index is -5.06. The van der Waals surface area contributed by atoms with Gasteiger partial charge in [-0.3, -0.25) is 4.79 Å². The summed E-state index contributed by atoms with van der Waals surface area (Å²) in [4.78, 5) is 43.3. The summed E-state index contributed by atoms with van der Waals surface area (Å²) in [7, 11) is 0. The van der Waals surface area contributed by atoms with Crippen molar-refractivity contribution in [1.29, 1.82) is 0 Å². The van der Waals surface area contributed by atoms with E-state index in [0.29, 0.717) is 17.8 Å². The molecule has 0 atom stereocenters. The predicted molar refractivity (Wildman–Crippen MR) is 131 cm³/mol. The molecule has 4 rings (SSSR count). The maximum atomic E-state index is 13.2. The number of urea groups is 1. The Morgan fingerprint density at radius 3 is 2.15 bits per heavy atom. The minimum Gasteiger partial charge on any atom is -0.469 e. The monoisotopic (exact) mass is 585 g/mol. The lowest BCUT2D eigenvalue weighted by atomic mass is 10.1. The lowest BCUT2D eigenvalue weighted by Gasteiger charge is -2.35. The number of aromatic nitrogens is 4. The number of benzene rings is 1. The van der Waals surface area contributed by atoms with Crippen LogP contribution >= 0.6 is 0 Å². The van der Waals surface area contributed by atoms with E-state index >= 15 is 0 Å². The molecule has 0 aliphatic carbocycles. The van der Waals surface area contributed by atoms with E-state index in [1.54, 1.807) is 11.0 Å². The van der Waals surface area contributed by atoms with Crippen molar-refractivity contribution in [2.75, 3.05) is 42.1 Å². The molecule has 218 valence electrons. The van der Waals surface area contributed by atoms with E-state index in [1.807, 2.05) is 0 Å². The highest BCUT2D eigenvalue weighted by Gasteiger charge is 2.37. The summed E-state index contributed by atoms with van der Waals surface area (Å²) in [5, 5.41) is 2.10. The Balaban J connectivity index is 1.47. The van der Waals surface area contributed by atoms with Gasteiger partial charge in [-0.05, 0) is 24.3 Å². The Hall–Kier alpha value is -4.90. The molecule has 1 fully saturated rings. The summed E-state index contributed by atoms with van der Waals surface area (Å²) >= 11 is 0. The van der Waals surface area contributed by atoms with Gasteiger partial charge in [-0.25, -0.2) is 24.7 Å². The van der Waals surface area contributed by atoms with E-state index < -0.39 is 41.1 Å². The summed E-state index contributed by atoms with van der Waals surface area (Å²) in [6.45, 7) is 0.0845. The number of primary amides is 1. The maximum Gasteiger partial charge on any atom is 0.416 e. The number of nitrogens with one attached hydrogen (secondary N) is 1. The quantitative estimate of drug-likeness (QED) is 0.369. The van der Waals surface area contributed by atoms with Crippen molar-refractivity contribution in [3.05, 3.63) is 59.2 Å². The number of nitrogens with two attached hydrogens (primary N) is 2. The van der Waals surface area contributed by atoms with Crippen molar-refractivity contribution in [2.45, 2.75) is 19.0 Å². The second-order valence-corrected chi connectivity index (χ2v) is 8.64. The van der Waals surface area contributed by atoms with Crippen molar-refractivity contribution < 1.29 is 40.7 Å². The van der Waals surface area contributed by atoms with Gasteiger partial charge in [0, 0.05) is 38.1 Å². The zero-order chi connectivity index (χ0) is 29.9. The maximum absolute atomic E-state index is 13.2. The van der Waals surface area contributed by atoms with Crippen LogP contribution in [0.5, 0.6) is 5.88 Å². The number of ether oxygens (including phenoxy) is 1. The van der Waals surface area contributed by atoms with Crippen LogP contribution in [0.25, 0.3) is 0 Å². The molecule has 0 saturated carbocycles. The molecule has 0 radical (unpaired) electrons. The largest absolute Gasteiger partial charge is 0.469 e. The lowest BCUT2D eigenvalue weighted by Crippen LogP contribution is -2.50. The molecule has 2 aromatic heterocycles. The normalized spacial score (nSPS) is 14.1. The molecule has 0 bridgehead atoms. The Bertz CT molecular complexity index is 1410. The van der Waals surface area contributed by atoms with E-state index in [-0.39, 0.29) is 62.2 Å². The molecule has 3 amide bonds. The smallest absolute Gasteiger partial charge is 0.416 e. The van der Waals surface area contributed by atoms with Gasteiger partial charge in [0.15, 0.2) is 5.82 Å². The van der Waals surface area contributed by atoms with Crippen LogP contribution in [0.15, 0.2) is 36.7 Å². The molecule has 3 heterocycles. The van der Waals surface area contributed by atoms with E-state index in [4.69, 9.17) is 16.2 Å². The molecule has 3 aromatic rings. The summed E-state index contributed by atoms with van der Waals surface area (Å²) < 4.78 is 84.6. The number of rotatable bonds is 6. The van der Waals surface area contributed by atoms with Crippen LogP contribution in [-0.2, 0) is 19.0 Å². The fraction of sp³-hybridized carbons (Fsp3) is 0.304. The van der Waals surface area contributed by atoms with Gasteiger partial charge in [-0.2, -0.15) is 26.3 Å². The third kappa shape index (κ3) is 7.20. The first kappa shape index (κ1) is 29.1. The molecule has 18 heteroatoms. The third-order valence-electron chi connectivity index (χ3n) is 5.77. The van der Waals surface area contributed by atoms with Crippen LogP contribution in [0.1, 0.15) is 27.3 Å². The molecule has 0 spiro atoms. The second-order valence-electron chi connectivity index (χ2n) is 8.64. The fourth-order valence-electron chi connectivity index (χ4n) is 3.78. The van der Waals surface area contributed by atoms with Gasteiger partial charge >= 0.3 is 18.4 Å². The molecule has 12 nitrogen and oxygen atoms in total. The van der Waals surface area contributed by atoms with Gasteiger partial charge in [0.05, 0.1) is 23.0 Å². The highest BCUT2D eigenvalue weighted by Crippen LogP contribution is 2.37. The minimum absolute atomic E-state index is 0.00808. The number of amides is 3. The average Bonchev–Trinajstić information content (AvgIpc) is 2.91. The van der Waals surface area contributed by atoms with E-state index in [0.717, 1.165) is 6.20 Å². The zero-order valence-corrected chi connectivity index (χ0v) is 20.8. The van der Waals surface area contributed by atoms with Crippen molar-refractivity contribution >= 4 is 29.4 Å².